The summed E-state index contributed by atoms with van der Waals surface area (Å²) in [6, 6.07) is 11.5. The molecule has 0 unspecified atom stereocenters. The number of rotatable bonds is 2. The Morgan fingerprint density at radius 3 is 2.90 bits per heavy atom. The Labute approximate surface area is 139 Å². The predicted molar refractivity (Wildman–Crippen MR) is 90.5 cm³/mol. The van der Waals surface area contributed by atoms with Gasteiger partial charge in [-0.1, -0.05) is 15.9 Å². The first kappa shape index (κ1) is 14.1. The van der Waals surface area contributed by atoms with Crippen LogP contribution < -0.4 is 4.74 Å². The zero-order valence-corrected chi connectivity index (χ0v) is 14.4. The van der Waals surface area contributed by atoms with E-state index in [1.54, 1.807) is 0 Å². The molecule has 0 spiro atoms. The fourth-order valence-corrected chi connectivity index (χ4v) is 3.27. The molecular weight excluding hydrogens is 431 g/mol. The van der Waals surface area contributed by atoms with Gasteiger partial charge in [0.1, 0.15) is 5.75 Å². The maximum Gasteiger partial charge on any atom is 0.194 e. The van der Waals surface area contributed by atoms with E-state index < -0.39 is 0 Å². The lowest BCUT2D eigenvalue weighted by Gasteiger charge is -2.17. The van der Waals surface area contributed by atoms with E-state index in [0.717, 1.165) is 49.9 Å². The van der Waals surface area contributed by atoms with E-state index in [1.807, 2.05) is 36.4 Å². The van der Waals surface area contributed by atoms with Gasteiger partial charge in [0.25, 0.3) is 0 Å². The Bertz CT molecular complexity index is 682. The standard InChI is InChI=1S/C16H12BrIO2/c17-12-4-5-14(18)13(9-12)16(19)11-3-6-15-10(8-11)2-1-7-20-15/h3-6,8-9H,1-2,7H2. The van der Waals surface area contributed by atoms with E-state index in [-0.39, 0.29) is 5.78 Å². The van der Waals surface area contributed by atoms with Gasteiger partial charge in [0.15, 0.2) is 5.78 Å². The number of benzene rings is 2. The molecule has 0 amide bonds. The lowest BCUT2D eigenvalue weighted by molar-refractivity contribution is 0.103. The number of hydrogen-bond donors (Lipinski definition) is 0. The smallest absolute Gasteiger partial charge is 0.194 e. The largest absolute Gasteiger partial charge is 0.493 e. The molecular formula is C16H12BrIO2. The Morgan fingerprint density at radius 2 is 2.05 bits per heavy atom. The van der Waals surface area contributed by atoms with Crippen molar-refractivity contribution in [2.24, 2.45) is 0 Å². The molecule has 0 saturated heterocycles. The van der Waals surface area contributed by atoms with Gasteiger partial charge in [-0.2, -0.15) is 0 Å². The number of aryl methyl sites for hydroxylation is 1. The Balaban J connectivity index is 2.00. The second-order valence-corrected chi connectivity index (χ2v) is 6.81. The van der Waals surface area contributed by atoms with Crippen LogP contribution in [0.1, 0.15) is 27.9 Å². The van der Waals surface area contributed by atoms with Crippen LogP contribution in [0.5, 0.6) is 5.75 Å². The van der Waals surface area contributed by atoms with Crippen molar-refractivity contribution in [1.29, 1.82) is 0 Å². The van der Waals surface area contributed by atoms with Gasteiger partial charge in [-0.15, -0.1) is 0 Å². The second-order valence-electron chi connectivity index (χ2n) is 4.73. The van der Waals surface area contributed by atoms with Crippen LogP contribution in [0.15, 0.2) is 40.9 Å². The SMILES string of the molecule is O=C(c1ccc2c(c1)CCCO2)c1cc(Br)ccc1I. The maximum absolute atomic E-state index is 12.6. The van der Waals surface area contributed by atoms with Crippen molar-refractivity contribution in [2.75, 3.05) is 6.61 Å². The summed E-state index contributed by atoms with van der Waals surface area (Å²) in [6.45, 7) is 0.768. The van der Waals surface area contributed by atoms with E-state index in [4.69, 9.17) is 4.74 Å². The molecule has 0 radical (unpaired) electrons. The van der Waals surface area contributed by atoms with Crippen LogP contribution in [-0.4, -0.2) is 12.4 Å². The average Bonchev–Trinajstić information content (AvgIpc) is 2.48. The summed E-state index contributed by atoms with van der Waals surface area (Å²) >= 11 is 5.62. The molecule has 20 heavy (non-hydrogen) atoms. The van der Waals surface area contributed by atoms with Gasteiger partial charge >= 0.3 is 0 Å². The van der Waals surface area contributed by atoms with Crippen molar-refractivity contribution < 1.29 is 9.53 Å². The molecule has 1 heterocycles. The lowest BCUT2D eigenvalue weighted by Crippen LogP contribution is -2.10. The van der Waals surface area contributed by atoms with Crippen molar-refractivity contribution in [2.45, 2.75) is 12.8 Å². The van der Waals surface area contributed by atoms with E-state index in [1.165, 1.54) is 0 Å². The highest BCUT2D eigenvalue weighted by molar-refractivity contribution is 14.1. The van der Waals surface area contributed by atoms with Crippen molar-refractivity contribution >= 4 is 44.3 Å². The number of halogens is 2. The number of ketones is 1. The summed E-state index contributed by atoms with van der Waals surface area (Å²) in [4.78, 5) is 12.6. The average molecular weight is 443 g/mol. The van der Waals surface area contributed by atoms with E-state index in [2.05, 4.69) is 38.5 Å². The van der Waals surface area contributed by atoms with Gasteiger partial charge in [-0.3, -0.25) is 4.79 Å². The Morgan fingerprint density at radius 1 is 1.20 bits per heavy atom. The number of carbonyl (C=O) groups is 1. The zero-order chi connectivity index (χ0) is 14.1. The van der Waals surface area contributed by atoms with Gasteiger partial charge in [0, 0.05) is 19.2 Å². The molecule has 0 saturated carbocycles. The molecule has 0 fully saturated rings. The minimum atomic E-state index is 0.0593. The van der Waals surface area contributed by atoms with E-state index in [9.17, 15) is 4.79 Å². The molecule has 2 nitrogen and oxygen atoms in total. The second kappa shape index (κ2) is 5.85. The van der Waals surface area contributed by atoms with Gasteiger partial charge in [-0.25, -0.2) is 0 Å². The van der Waals surface area contributed by atoms with Crippen LogP contribution in [0.4, 0.5) is 0 Å². The highest BCUT2D eigenvalue weighted by atomic mass is 127. The molecule has 1 aliphatic rings. The van der Waals surface area contributed by atoms with Crippen LogP contribution in [0.2, 0.25) is 0 Å². The molecule has 4 heteroatoms. The molecule has 1 aliphatic heterocycles. The molecule has 0 N–H and O–H groups in total. The molecule has 3 rings (SSSR count). The van der Waals surface area contributed by atoms with Crippen LogP contribution in [-0.2, 0) is 6.42 Å². The highest BCUT2D eigenvalue weighted by Crippen LogP contribution is 2.28. The van der Waals surface area contributed by atoms with Crippen molar-refractivity contribution in [3.8, 4) is 5.75 Å². The lowest BCUT2D eigenvalue weighted by atomic mass is 9.98. The van der Waals surface area contributed by atoms with Crippen molar-refractivity contribution in [3.63, 3.8) is 0 Å². The Kier molecular flexibility index (Phi) is 4.12. The van der Waals surface area contributed by atoms with Crippen LogP contribution >= 0.6 is 38.5 Å². The first-order valence-electron chi connectivity index (χ1n) is 6.40. The fourth-order valence-electron chi connectivity index (χ4n) is 2.33. The van der Waals surface area contributed by atoms with E-state index in [0.29, 0.717) is 0 Å². The summed E-state index contributed by atoms with van der Waals surface area (Å²) in [6.07, 6.45) is 1.99. The quantitative estimate of drug-likeness (QED) is 0.501. The van der Waals surface area contributed by atoms with Crippen LogP contribution in [0.3, 0.4) is 0 Å². The number of ether oxygens (including phenoxy) is 1. The molecule has 0 bridgehead atoms. The maximum atomic E-state index is 12.6. The summed E-state index contributed by atoms with van der Waals surface area (Å²) in [5.74, 6) is 0.973. The minimum Gasteiger partial charge on any atom is -0.493 e. The first-order valence-corrected chi connectivity index (χ1v) is 8.28. The van der Waals surface area contributed by atoms with Gasteiger partial charge < -0.3 is 4.74 Å². The topological polar surface area (TPSA) is 26.3 Å². The third-order valence-electron chi connectivity index (χ3n) is 3.34. The van der Waals surface area contributed by atoms with Crippen molar-refractivity contribution in [3.05, 3.63) is 61.1 Å². The van der Waals surface area contributed by atoms with Crippen LogP contribution in [0, 0.1) is 3.57 Å². The molecule has 0 aliphatic carbocycles. The van der Waals surface area contributed by atoms with Gasteiger partial charge in [-0.05, 0) is 77.4 Å². The first-order chi connectivity index (χ1) is 9.65. The summed E-state index contributed by atoms with van der Waals surface area (Å²) in [5.41, 5.74) is 2.59. The van der Waals surface area contributed by atoms with Gasteiger partial charge in [0.2, 0.25) is 0 Å². The minimum absolute atomic E-state index is 0.0593. The fraction of sp³-hybridized carbons (Fsp3) is 0.188. The number of fused-ring (bicyclic) bond motifs is 1. The van der Waals surface area contributed by atoms with Gasteiger partial charge in [0.05, 0.1) is 6.61 Å². The molecule has 102 valence electrons. The molecule has 2 aromatic carbocycles. The zero-order valence-electron chi connectivity index (χ0n) is 10.7. The van der Waals surface area contributed by atoms with Crippen molar-refractivity contribution in [1.82, 2.24) is 0 Å². The molecule has 2 aromatic rings. The summed E-state index contributed by atoms with van der Waals surface area (Å²) < 4.78 is 7.47. The third kappa shape index (κ3) is 2.76. The van der Waals surface area contributed by atoms with E-state index >= 15 is 0 Å². The number of hydrogen-bond acceptors (Lipinski definition) is 2. The highest BCUT2D eigenvalue weighted by Gasteiger charge is 2.17. The summed E-state index contributed by atoms with van der Waals surface area (Å²) in [7, 11) is 0. The summed E-state index contributed by atoms with van der Waals surface area (Å²) in [5, 5.41) is 0. The molecule has 0 atom stereocenters. The Hall–Kier alpha value is -0.880. The molecule has 0 aromatic heterocycles. The monoisotopic (exact) mass is 442 g/mol. The predicted octanol–water partition coefficient (Wildman–Crippen LogP) is 4.61. The third-order valence-corrected chi connectivity index (χ3v) is 4.78. The van der Waals surface area contributed by atoms with Crippen LogP contribution in [0.25, 0.3) is 0 Å². The number of carbonyl (C=O) groups excluding carboxylic acids is 1. The normalized spacial score (nSPS) is 13.5.